The molecule has 1 aliphatic carbocycles. The molecule has 0 atom stereocenters. The molecule has 1 aromatic carbocycles. The minimum absolute atomic E-state index is 0.0152. The highest BCUT2D eigenvalue weighted by Crippen LogP contribution is 2.30. The van der Waals surface area contributed by atoms with E-state index in [-0.39, 0.29) is 5.69 Å². The number of hydrogen-bond donors (Lipinski definition) is 1. The normalized spacial score (nSPS) is 22.2. The second-order valence-corrected chi connectivity index (χ2v) is 5.96. The predicted molar refractivity (Wildman–Crippen MR) is 80.5 cm³/mol. The Hall–Kier alpha value is -1.49. The van der Waals surface area contributed by atoms with E-state index in [1.54, 1.807) is 0 Å². The Bertz CT molecular complexity index is 485. The first-order valence-corrected chi connectivity index (χ1v) is 7.73. The Morgan fingerprint density at radius 3 is 2.57 bits per heavy atom. The summed E-state index contributed by atoms with van der Waals surface area (Å²) in [7, 11) is 0. The molecule has 0 saturated heterocycles. The van der Waals surface area contributed by atoms with Crippen molar-refractivity contribution in [3.8, 4) is 0 Å². The van der Waals surface area contributed by atoms with E-state index in [1.807, 2.05) is 0 Å². The van der Waals surface area contributed by atoms with Crippen molar-refractivity contribution < 1.29 is 9.31 Å². The maximum absolute atomic E-state index is 13.2. The lowest BCUT2D eigenvalue weighted by Crippen LogP contribution is -2.26. The third-order valence-electron chi connectivity index (χ3n) is 4.53. The van der Waals surface area contributed by atoms with Crippen molar-refractivity contribution in [1.29, 1.82) is 0 Å². The van der Waals surface area contributed by atoms with E-state index in [9.17, 15) is 14.5 Å². The minimum atomic E-state index is -0.455. The fourth-order valence-corrected chi connectivity index (χ4v) is 3.13. The molecule has 0 bridgehead atoms. The van der Waals surface area contributed by atoms with Gasteiger partial charge in [0.1, 0.15) is 5.82 Å². The number of hydrogen-bond acceptors (Lipinski definition) is 3. The molecule has 5 heteroatoms. The summed E-state index contributed by atoms with van der Waals surface area (Å²) in [5.41, 5.74) is 0.404. The first-order valence-electron chi connectivity index (χ1n) is 7.73. The van der Waals surface area contributed by atoms with Crippen LogP contribution in [0, 0.1) is 27.8 Å². The first-order chi connectivity index (χ1) is 10.1. The Morgan fingerprint density at radius 1 is 1.29 bits per heavy atom. The lowest BCUT2D eigenvalue weighted by molar-refractivity contribution is -0.385. The molecule has 1 saturated carbocycles. The molecule has 0 unspecified atom stereocenters. The van der Waals surface area contributed by atoms with Crippen molar-refractivity contribution in [3.05, 3.63) is 39.7 Å². The van der Waals surface area contributed by atoms with Gasteiger partial charge in [0.2, 0.25) is 0 Å². The van der Waals surface area contributed by atoms with Crippen LogP contribution in [0.2, 0.25) is 0 Å². The molecule has 2 rings (SSSR count). The molecule has 0 spiro atoms. The molecule has 1 aromatic rings. The minimum Gasteiger partial charge on any atom is -0.312 e. The number of nitrogens with zero attached hydrogens (tertiary/aromatic N) is 1. The predicted octanol–water partition coefficient (Wildman–Crippen LogP) is 4.04. The maximum Gasteiger partial charge on any atom is 0.274 e. The molecule has 21 heavy (non-hydrogen) atoms. The molecule has 0 amide bonds. The topological polar surface area (TPSA) is 55.2 Å². The monoisotopic (exact) mass is 294 g/mol. The van der Waals surface area contributed by atoms with E-state index in [0.717, 1.165) is 18.5 Å². The molecular weight excluding hydrogens is 271 g/mol. The third kappa shape index (κ3) is 4.49. The summed E-state index contributed by atoms with van der Waals surface area (Å²) >= 11 is 0. The quantitative estimate of drug-likeness (QED) is 0.636. The van der Waals surface area contributed by atoms with Gasteiger partial charge in [-0.15, -0.1) is 0 Å². The van der Waals surface area contributed by atoms with Crippen LogP contribution in [0.1, 0.15) is 44.6 Å². The molecule has 0 heterocycles. The molecule has 0 radical (unpaired) electrons. The average molecular weight is 294 g/mol. The second-order valence-electron chi connectivity index (χ2n) is 5.96. The number of rotatable bonds is 6. The highest BCUT2D eigenvalue weighted by Gasteiger charge is 2.20. The van der Waals surface area contributed by atoms with Crippen LogP contribution in [0.3, 0.4) is 0 Å². The Labute approximate surface area is 124 Å². The van der Waals surface area contributed by atoms with Gasteiger partial charge < -0.3 is 5.32 Å². The molecule has 0 aliphatic heterocycles. The van der Waals surface area contributed by atoms with E-state index in [0.29, 0.717) is 18.0 Å². The van der Waals surface area contributed by atoms with Gasteiger partial charge in [0, 0.05) is 18.2 Å². The first kappa shape index (κ1) is 15.9. The fraction of sp³-hybridized carbons (Fsp3) is 0.625. The molecule has 1 N–H and O–H groups in total. The summed E-state index contributed by atoms with van der Waals surface area (Å²) in [6.45, 7) is 3.44. The zero-order valence-electron chi connectivity index (χ0n) is 12.5. The van der Waals surface area contributed by atoms with E-state index in [1.165, 1.54) is 44.2 Å². The van der Waals surface area contributed by atoms with Crippen LogP contribution < -0.4 is 5.32 Å². The zero-order chi connectivity index (χ0) is 15.2. The van der Waals surface area contributed by atoms with E-state index >= 15 is 0 Å². The summed E-state index contributed by atoms with van der Waals surface area (Å²) in [4.78, 5) is 10.5. The van der Waals surface area contributed by atoms with Crippen LogP contribution in [-0.4, -0.2) is 11.5 Å². The van der Waals surface area contributed by atoms with Gasteiger partial charge in [-0.05, 0) is 43.4 Å². The summed E-state index contributed by atoms with van der Waals surface area (Å²) in [5.74, 6) is 1.08. The van der Waals surface area contributed by atoms with Gasteiger partial charge in [-0.2, -0.15) is 0 Å². The van der Waals surface area contributed by atoms with Crippen molar-refractivity contribution >= 4 is 5.69 Å². The maximum atomic E-state index is 13.2. The van der Waals surface area contributed by atoms with E-state index in [2.05, 4.69) is 12.2 Å². The number of halogens is 1. The smallest absolute Gasteiger partial charge is 0.274 e. The van der Waals surface area contributed by atoms with Crippen molar-refractivity contribution in [3.63, 3.8) is 0 Å². The van der Waals surface area contributed by atoms with Crippen molar-refractivity contribution in [1.82, 2.24) is 5.32 Å². The van der Waals surface area contributed by atoms with Gasteiger partial charge in [0.25, 0.3) is 5.69 Å². The highest BCUT2D eigenvalue weighted by atomic mass is 19.1. The van der Waals surface area contributed by atoms with E-state index < -0.39 is 10.7 Å². The molecule has 1 aliphatic rings. The number of nitrogens with one attached hydrogen (secondary N) is 1. The van der Waals surface area contributed by atoms with Crippen LogP contribution in [0.4, 0.5) is 10.1 Å². The van der Waals surface area contributed by atoms with Gasteiger partial charge in [-0.3, -0.25) is 10.1 Å². The Kier molecular flexibility index (Phi) is 5.67. The van der Waals surface area contributed by atoms with Gasteiger partial charge >= 0.3 is 0 Å². The SMILES string of the molecule is CCC1CCC(CNCc2cc(F)ccc2[N+](=O)[O-])CC1. The van der Waals surface area contributed by atoms with Crippen molar-refractivity contribution in [2.45, 2.75) is 45.6 Å². The van der Waals surface area contributed by atoms with Crippen LogP contribution in [0.5, 0.6) is 0 Å². The second kappa shape index (κ2) is 7.50. The molecule has 0 aromatic heterocycles. The van der Waals surface area contributed by atoms with Crippen LogP contribution in [0.25, 0.3) is 0 Å². The molecule has 4 nitrogen and oxygen atoms in total. The van der Waals surface area contributed by atoms with Gasteiger partial charge in [0.05, 0.1) is 4.92 Å². The van der Waals surface area contributed by atoms with Gasteiger partial charge in [-0.25, -0.2) is 4.39 Å². The standard InChI is InChI=1S/C16H23FN2O2/c1-2-12-3-5-13(6-4-12)10-18-11-14-9-15(17)7-8-16(14)19(20)21/h7-9,12-13,18H,2-6,10-11H2,1H3. The van der Waals surface area contributed by atoms with Crippen LogP contribution in [-0.2, 0) is 6.54 Å². The molecular formula is C16H23FN2O2. The van der Waals surface area contributed by atoms with Gasteiger partial charge in [-0.1, -0.05) is 26.2 Å². The van der Waals surface area contributed by atoms with Crippen LogP contribution in [0.15, 0.2) is 18.2 Å². The zero-order valence-corrected chi connectivity index (χ0v) is 12.5. The Balaban J connectivity index is 1.84. The number of nitro benzene ring substituents is 1. The summed E-state index contributed by atoms with van der Waals surface area (Å²) in [6, 6.07) is 3.62. The van der Waals surface area contributed by atoms with Gasteiger partial charge in [0.15, 0.2) is 0 Å². The molecule has 116 valence electrons. The number of benzene rings is 1. The summed E-state index contributed by atoms with van der Waals surface area (Å²) in [6.07, 6.45) is 6.26. The lowest BCUT2D eigenvalue weighted by atomic mass is 9.81. The Morgan fingerprint density at radius 2 is 1.95 bits per heavy atom. The van der Waals surface area contributed by atoms with Crippen molar-refractivity contribution in [2.24, 2.45) is 11.8 Å². The summed E-state index contributed by atoms with van der Waals surface area (Å²) < 4.78 is 13.2. The van der Waals surface area contributed by atoms with E-state index in [4.69, 9.17) is 0 Å². The van der Waals surface area contributed by atoms with Crippen LogP contribution >= 0.6 is 0 Å². The summed E-state index contributed by atoms with van der Waals surface area (Å²) in [5, 5.41) is 14.2. The fourth-order valence-electron chi connectivity index (χ4n) is 3.13. The highest BCUT2D eigenvalue weighted by molar-refractivity contribution is 5.40. The third-order valence-corrected chi connectivity index (χ3v) is 4.53. The number of nitro groups is 1. The largest absolute Gasteiger partial charge is 0.312 e. The molecule has 1 fully saturated rings. The lowest BCUT2D eigenvalue weighted by Gasteiger charge is -2.27. The van der Waals surface area contributed by atoms with Crippen molar-refractivity contribution in [2.75, 3.05) is 6.54 Å². The average Bonchev–Trinajstić information content (AvgIpc) is 2.48.